The lowest BCUT2D eigenvalue weighted by atomic mass is 10.1. The number of hydrogen-bond acceptors (Lipinski definition) is 9. The van der Waals surface area contributed by atoms with Crippen LogP contribution in [-0.2, 0) is 22.7 Å². The second-order valence-electron chi connectivity index (χ2n) is 7.88. The summed E-state index contributed by atoms with van der Waals surface area (Å²) in [6.07, 6.45) is 1.45. The lowest BCUT2D eigenvalue weighted by Gasteiger charge is -2.15. The molecule has 13 heteroatoms. The number of nitro groups is 1. The average molecular weight is 586 g/mol. The van der Waals surface area contributed by atoms with Crippen molar-refractivity contribution in [2.24, 2.45) is 0 Å². The number of ether oxygens (including phenoxy) is 3. The average Bonchev–Trinajstić information content (AvgIpc) is 3.48. The van der Waals surface area contributed by atoms with Crippen LogP contribution in [0.1, 0.15) is 27.4 Å². The number of carbonyl (C=O) groups excluding carboxylic acids is 3. The number of amides is 3. The topological polar surface area (TPSA) is 150 Å². The molecule has 1 fully saturated rings. The molecule has 3 aromatic rings. The van der Waals surface area contributed by atoms with Crippen LogP contribution >= 0.6 is 15.9 Å². The van der Waals surface area contributed by atoms with E-state index in [1.165, 1.54) is 44.6 Å². The largest absolute Gasteiger partial charge is 0.493 e. The Bertz CT molecular complexity index is 1450. The minimum absolute atomic E-state index is 0.0184. The molecule has 2 heterocycles. The number of non-ortho nitro benzene ring substituents is 1. The number of furan rings is 1. The zero-order chi connectivity index (χ0) is 27.4. The Morgan fingerprint density at radius 2 is 1.89 bits per heavy atom. The third kappa shape index (κ3) is 5.67. The number of benzene rings is 2. The molecule has 1 aromatic heterocycles. The Kier molecular flexibility index (Phi) is 7.76. The van der Waals surface area contributed by atoms with Crippen molar-refractivity contribution in [3.05, 3.63) is 91.5 Å². The molecule has 1 saturated heterocycles. The maximum absolute atomic E-state index is 13.0. The molecule has 1 aliphatic heterocycles. The van der Waals surface area contributed by atoms with E-state index >= 15 is 0 Å². The van der Waals surface area contributed by atoms with Crippen LogP contribution < -0.4 is 14.8 Å². The minimum atomic E-state index is -0.682. The smallest absolute Gasteiger partial charge is 0.373 e. The Hall–Kier alpha value is -4.65. The van der Waals surface area contributed by atoms with Gasteiger partial charge in [0, 0.05) is 22.2 Å². The van der Waals surface area contributed by atoms with Gasteiger partial charge in [-0.15, -0.1) is 0 Å². The molecule has 0 aliphatic carbocycles. The molecule has 12 nitrogen and oxygen atoms in total. The summed E-state index contributed by atoms with van der Waals surface area (Å²) in [5.74, 6) is -0.499. The van der Waals surface area contributed by atoms with E-state index in [0.717, 1.165) is 4.90 Å². The van der Waals surface area contributed by atoms with Gasteiger partial charge in [0.25, 0.3) is 11.6 Å². The maximum atomic E-state index is 13.0. The molecule has 0 atom stereocenters. The van der Waals surface area contributed by atoms with Crippen LogP contribution in [0.3, 0.4) is 0 Å². The van der Waals surface area contributed by atoms with E-state index in [1.807, 2.05) is 0 Å². The van der Waals surface area contributed by atoms with E-state index in [4.69, 9.17) is 13.9 Å². The summed E-state index contributed by atoms with van der Waals surface area (Å²) in [6.45, 7) is -0.149. The van der Waals surface area contributed by atoms with Gasteiger partial charge in [0.1, 0.15) is 18.1 Å². The quantitative estimate of drug-likeness (QED) is 0.126. The number of esters is 1. The molecule has 0 radical (unpaired) electrons. The predicted octanol–water partition coefficient (Wildman–Crippen LogP) is 4.42. The molecule has 0 saturated carbocycles. The number of urea groups is 1. The van der Waals surface area contributed by atoms with Crippen LogP contribution in [0.15, 0.2) is 63.1 Å². The summed E-state index contributed by atoms with van der Waals surface area (Å²) in [5, 5.41) is 13.4. The molecule has 3 amide bonds. The summed E-state index contributed by atoms with van der Waals surface area (Å²) < 4.78 is 22.0. The van der Waals surface area contributed by atoms with Crippen LogP contribution in [0, 0.1) is 10.1 Å². The van der Waals surface area contributed by atoms with E-state index in [2.05, 4.69) is 26.0 Å². The SMILES string of the molecule is COC(=O)c1ccc(CN2C(=O)N/C(=C\c3cc(Br)cc(OC)c3OCc3ccc([N+](=O)[O-])cc3)C2=O)o1. The first-order valence-corrected chi connectivity index (χ1v) is 11.7. The van der Waals surface area contributed by atoms with Crippen molar-refractivity contribution in [3.8, 4) is 11.5 Å². The van der Waals surface area contributed by atoms with Gasteiger partial charge in [0.15, 0.2) is 11.5 Å². The van der Waals surface area contributed by atoms with E-state index in [9.17, 15) is 24.5 Å². The fourth-order valence-corrected chi connectivity index (χ4v) is 4.03. The van der Waals surface area contributed by atoms with Gasteiger partial charge in [-0.3, -0.25) is 19.8 Å². The van der Waals surface area contributed by atoms with Crippen molar-refractivity contribution in [1.82, 2.24) is 10.2 Å². The molecule has 4 rings (SSSR count). The third-order valence-corrected chi connectivity index (χ3v) is 5.88. The highest BCUT2D eigenvalue weighted by molar-refractivity contribution is 9.10. The fourth-order valence-electron chi connectivity index (χ4n) is 3.57. The predicted molar refractivity (Wildman–Crippen MR) is 135 cm³/mol. The minimum Gasteiger partial charge on any atom is -0.493 e. The fraction of sp³-hybridized carbons (Fsp3) is 0.160. The Balaban J connectivity index is 1.57. The van der Waals surface area contributed by atoms with Crippen LogP contribution in [0.2, 0.25) is 0 Å². The highest BCUT2D eigenvalue weighted by Crippen LogP contribution is 2.37. The molecule has 196 valence electrons. The van der Waals surface area contributed by atoms with Crippen molar-refractivity contribution in [3.63, 3.8) is 0 Å². The van der Waals surface area contributed by atoms with Gasteiger partial charge < -0.3 is 23.9 Å². The number of nitrogens with one attached hydrogen (secondary N) is 1. The summed E-state index contributed by atoms with van der Waals surface area (Å²) in [7, 11) is 2.66. The molecule has 1 N–H and O–H groups in total. The van der Waals surface area contributed by atoms with E-state index in [-0.39, 0.29) is 41.8 Å². The standard InChI is InChI=1S/C25H20BrN3O9/c1-35-21-11-16(26)9-15(22(21)37-13-14-3-5-17(6-4-14)29(33)34)10-19-23(30)28(25(32)27-19)12-18-7-8-20(38-18)24(31)36-2/h3-11H,12-13H2,1-2H3,(H,27,32)/b19-10-. The van der Waals surface area contributed by atoms with Crippen molar-refractivity contribution in [2.45, 2.75) is 13.2 Å². The summed E-state index contributed by atoms with van der Waals surface area (Å²) in [5.41, 5.74) is 1.03. The Morgan fingerprint density at radius 1 is 1.16 bits per heavy atom. The van der Waals surface area contributed by atoms with Crippen LogP contribution in [-0.4, -0.2) is 42.0 Å². The van der Waals surface area contributed by atoms with Gasteiger partial charge in [-0.2, -0.15) is 0 Å². The van der Waals surface area contributed by atoms with Gasteiger partial charge in [0.05, 0.1) is 25.7 Å². The highest BCUT2D eigenvalue weighted by atomic mass is 79.9. The van der Waals surface area contributed by atoms with Gasteiger partial charge in [-0.05, 0) is 48.0 Å². The number of hydrogen-bond donors (Lipinski definition) is 1. The molecular formula is C25H20BrN3O9. The van der Waals surface area contributed by atoms with Crippen LogP contribution in [0.25, 0.3) is 6.08 Å². The zero-order valence-electron chi connectivity index (χ0n) is 20.1. The normalized spacial score (nSPS) is 14.0. The molecular weight excluding hydrogens is 566 g/mol. The second-order valence-corrected chi connectivity index (χ2v) is 8.79. The molecule has 0 bridgehead atoms. The first-order chi connectivity index (χ1) is 18.2. The summed E-state index contributed by atoms with van der Waals surface area (Å²) in [6, 6.07) is 11.4. The number of rotatable bonds is 9. The number of nitrogens with zero attached hydrogens (tertiary/aromatic N) is 2. The zero-order valence-corrected chi connectivity index (χ0v) is 21.6. The third-order valence-electron chi connectivity index (χ3n) is 5.42. The second kappa shape index (κ2) is 11.2. The highest BCUT2D eigenvalue weighted by Gasteiger charge is 2.35. The summed E-state index contributed by atoms with van der Waals surface area (Å²) in [4.78, 5) is 48.5. The first kappa shape index (κ1) is 26.4. The number of methoxy groups -OCH3 is 2. The Morgan fingerprint density at radius 3 is 2.55 bits per heavy atom. The van der Waals surface area contributed by atoms with E-state index < -0.39 is 22.8 Å². The number of halogens is 1. The van der Waals surface area contributed by atoms with E-state index in [1.54, 1.807) is 24.3 Å². The summed E-state index contributed by atoms with van der Waals surface area (Å²) >= 11 is 3.40. The molecule has 38 heavy (non-hydrogen) atoms. The first-order valence-electron chi connectivity index (χ1n) is 11.0. The molecule has 0 unspecified atom stereocenters. The van der Waals surface area contributed by atoms with Gasteiger partial charge >= 0.3 is 12.0 Å². The number of nitro benzene ring substituents is 1. The molecule has 2 aromatic carbocycles. The van der Waals surface area contributed by atoms with Crippen LogP contribution in [0.5, 0.6) is 11.5 Å². The van der Waals surface area contributed by atoms with E-state index in [0.29, 0.717) is 21.3 Å². The van der Waals surface area contributed by atoms with Gasteiger partial charge in [0.2, 0.25) is 5.76 Å². The van der Waals surface area contributed by atoms with Crippen molar-refractivity contribution < 1.29 is 37.9 Å². The van der Waals surface area contributed by atoms with Crippen molar-refractivity contribution in [1.29, 1.82) is 0 Å². The van der Waals surface area contributed by atoms with Crippen molar-refractivity contribution >= 4 is 45.6 Å². The van der Waals surface area contributed by atoms with Crippen molar-refractivity contribution in [2.75, 3.05) is 14.2 Å². The lowest BCUT2D eigenvalue weighted by Crippen LogP contribution is -2.30. The number of carbonyl (C=O) groups is 3. The van der Waals surface area contributed by atoms with Gasteiger partial charge in [-0.25, -0.2) is 9.59 Å². The lowest BCUT2D eigenvalue weighted by molar-refractivity contribution is -0.384. The van der Waals surface area contributed by atoms with Crippen LogP contribution in [0.4, 0.5) is 10.5 Å². The monoisotopic (exact) mass is 585 g/mol. The molecule has 1 aliphatic rings. The maximum Gasteiger partial charge on any atom is 0.373 e. The van der Waals surface area contributed by atoms with Gasteiger partial charge in [-0.1, -0.05) is 15.9 Å². The number of imide groups is 1. The Labute approximate surface area is 224 Å². The molecule has 0 spiro atoms.